The average molecular weight is 284 g/mol. The summed E-state index contributed by atoms with van der Waals surface area (Å²) in [6.07, 6.45) is 0. The Balaban J connectivity index is 2.46. The predicted octanol–water partition coefficient (Wildman–Crippen LogP) is -0.139. The first kappa shape index (κ1) is 13.9. The summed E-state index contributed by atoms with van der Waals surface area (Å²) in [5, 5.41) is 36.5. The zero-order chi connectivity index (χ0) is 13.9. The van der Waals surface area contributed by atoms with Gasteiger partial charge >= 0.3 is 0 Å². The third kappa shape index (κ3) is 2.61. The van der Waals surface area contributed by atoms with Gasteiger partial charge in [-0.2, -0.15) is 4.98 Å². The van der Waals surface area contributed by atoms with Gasteiger partial charge in [0.15, 0.2) is 0 Å². The van der Waals surface area contributed by atoms with E-state index in [-0.39, 0.29) is 0 Å². The maximum atomic E-state index is 9.35. The lowest BCUT2D eigenvalue weighted by Gasteiger charge is -2.29. The molecule has 2 rings (SSSR count). The van der Waals surface area contributed by atoms with Crippen LogP contribution in [-0.4, -0.2) is 57.7 Å². The van der Waals surface area contributed by atoms with Gasteiger partial charge in [-0.25, -0.2) is 4.98 Å². The van der Waals surface area contributed by atoms with Crippen molar-refractivity contribution in [3.63, 3.8) is 0 Å². The molecule has 19 heavy (non-hydrogen) atoms. The summed E-state index contributed by atoms with van der Waals surface area (Å²) in [6.45, 7) is -1.24. The first-order valence-corrected chi connectivity index (χ1v) is 6.60. The molecule has 0 aliphatic carbocycles. The summed E-state index contributed by atoms with van der Waals surface area (Å²) < 4.78 is 0. The Morgan fingerprint density at radius 2 is 1.89 bits per heavy atom. The minimum absolute atomic E-state index is 0.412. The van der Waals surface area contributed by atoms with Gasteiger partial charge in [-0.15, -0.1) is 11.3 Å². The summed E-state index contributed by atoms with van der Waals surface area (Å²) in [7, 11) is 1.70. The number of nitrogens with zero attached hydrogens (tertiary/aromatic N) is 2. The van der Waals surface area contributed by atoms with Gasteiger partial charge in [-0.1, -0.05) is 0 Å². The van der Waals surface area contributed by atoms with Gasteiger partial charge in [0.2, 0.25) is 5.95 Å². The molecule has 0 bridgehead atoms. The number of nitrogens with one attached hydrogen (secondary N) is 2. The van der Waals surface area contributed by atoms with Gasteiger partial charge in [-0.05, 0) is 11.4 Å². The lowest BCUT2D eigenvalue weighted by Crippen LogP contribution is -2.49. The first-order valence-electron chi connectivity index (χ1n) is 5.72. The van der Waals surface area contributed by atoms with Gasteiger partial charge in [0.25, 0.3) is 0 Å². The van der Waals surface area contributed by atoms with Crippen LogP contribution in [0.1, 0.15) is 0 Å². The molecule has 0 unspecified atom stereocenters. The Hall–Kier alpha value is -1.48. The standard InChI is InChI=1S/C11H16N4O3S/c1-12-10-13-8(7-2-3-19-9(7)14-10)15-11(4-16,5-17)6-18/h2-3,16-18H,4-6H2,1H3,(H2,12,13,14,15). The maximum absolute atomic E-state index is 9.35. The second kappa shape index (κ2) is 5.66. The highest BCUT2D eigenvalue weighted by atomic mass is 32.1. The summed E-state index contributed by atoms with van der Waals surface area (Å²) in [6, 6.07) is 1.85. The molecule has 0 aliphatic rings. The molecule has 0 spiro atoms. The van der Waals surface area contributed by atoms with E-state index in [0.717, 1.165) is 10.2 Å². The molecule has 0 aliphatic heterocycles. The Morgan fingerprint density at radius 3 is 2.47 bits per heavy atom. The average Bonchev–Trinajstić information content (AvgIpc) is 2.93. The number of aliphatic hydroxyl groups excluding tert-OH is 3. The fraction of sp³-hybridized carbons (Fsp3) is 0.455. The quantitative estimate of drug-likeness (QED) is 0.502. The number of thiophene rings is 1. The highest BCUT2D eigenvalue weighted by Crippen LogP contribution is 2.28. The van der Waals surface area contributed by atoms with Crippen LogP contribution < -0.4 is 10.6 Å². The molecule has 8 heteroatoms. The second-order valence-corrected chi connectivity index (χ2v) is 5.06. The van der Waals surface area contributed by atoms with Crippen LogP contribution in [0.25, 0.3) is 10.2 Å². The van der Waals surface area contributed by atoms with Crippen LogP contribution in [0.4, 0.5) is 11.8 Å². The second-order valence-electron chi connectivity index (χ2n) is 4.16. The number of fused-ring (bicyclic) bond motifs is 1. The van der Waals surface area contributed by atoms with Crippen molar-refractivity contribution in [1.29, 1.82) is 0 Å². The fourth-order valence-corrected chi connectivity index (χ4v) is 2.35. The van der Waals surface area contributed by atoms with Crippen molar-refractivity contribution >= 4 is 33.3 Å². The number of aliphatic hydroxyl groups is 3. The van der Waals surface area contributed by atoms with Crippen LogP contribution in [0.15, 0.2) is 11.4 Å². The molecule has 104 valence electrons. The highest BCUT2D eigenvalue weighted by molar-refractivity contribution is 7.16. The van der Waals surface area contributed by atoms with Crippen molar-refractivity contribution in [2.24, 2.45) is 0 Å². The van der Waals surface area contributed by atoms with Crippen LogP contribution in [0.5, 0.6) is 0 Å². The molecule has 2 heterocycles. The molecule has 0 aromatic carbocycles. The van der Waals surface area contributed by atoms with Crippen molar-refractivity contribution in [1.82, 2.24) is 9.97 Å². The molecule has 7 nitrogen and oxygen atoms in total. The largest absolute Gasteiger partial charge is 0.394 e. The van der Waals surface area contributed by atoms with Gasteiger partial charge < -0.3 is 26.0 Å². The van der Waals surface area contributed by atoms with Crippen LogP contribution in [-0.2, 0) is 0 Å². The van der Waals surface area contributed by atoms with Crippen LogP contribution in [0, 0.1) is 0 Å². The maximum Gasteiger partial charge on any atom is 0.225 e. The van der Waals surface area contributed by atoms with E-state index in [1.54, 1.807) is 7.05 Å². The smallest absolute Gasteiger partial charge is 0.225 e. The lowest BCUT2D eigenvalue weighted by molar-refractivity contribution is 0.0832. The molecule has 0 radical (unpaired) electrons. The number of hydrogen-bond acceptors (Lipinski definition) is 8. The highest BCUT2D eigenvalue weighted by Gasteiger charge is 2.29. The van der Waals surface area contributed by atoms with E-state index in [1.807, 2.05) is 11.4 Å². The third-order valence-corrected chi connectivity index (χ3v) is 3.65. The fourth-order valence-electron chi connectivity index (χ4n) is 1.58. The monoisotopic (exact) mass is 284 g/mol. The van der Waals surface area contributed by atoms with E-state index in [9.17, 15) is 15.3 Å². The molecule has 0 atom stereocenters. The SMILES string of the molecule is CNc1nc(NC(CO)(CO)CO)c2ccsc2n1. The third-order valence-electron chi connectivity index (χ3n) is 2.84. The molecule has 2 aromatic rings. The van der Waals surface area contributed by atoms with E-state index < -0.39 is 25.4 Å². The number of rotatable bonds is 6. The Kier molecular flexibility index (Phi) is 4.15. The topological polar surface area (TPSA) is 111 Å². The van der Waals surface area contributed by atoms with Crippen molar-refractivity contribution < 1.29 is 15.3 Å². The van der Waals surface area contributed by atoms with Gasteiger partial charge in [0.1, 0.15) is 16.2 Å². The van der Waals surface area contributed by atoms with Crippen LogP contribution >= 0.6 is 11.3 Å². The number of hydrogen-bond donors (Lipinski definition) is 5. The molecule has 0 saturated carbocycles. The van der Waals surface area contributed by atoms with Crippen molar-refractivity contribution in [2.45, 2.75) is 5.54 Å². The summed E-state index contributed by atoms with van der Waals surface area (Å²) in [5.41, 5.74) is -1.21. The Labute approximate surface area is 113 Å². The minimum atomic E-state index is -1.21. The summed E-state index contributed by atoms with van der Waals surface area (Å²) >= 11 is 1.46. The zero-order valence-corrected chi connectivity index (χ0v) is 11.2. The molecular formula is C11H16N4O3S. The molecule has 2 aromatic heterocycles. The lowest BCUT2D eigenvalue weighted by atomic mass is 10.0. The molecule has 0 saturated heterocycles. The number of anilines is 2. The van der Waals surface area contributed by atoms with Gasteiger partial charge in [0.05, 0.1) is 25.2 Å². The molecule has 0 fully saturated rings. The summed E-state index contributed by atoms with van der Waals surface area (Å²) in [4.78, 5) is 9.33. The first-order chi connectivity index (χ1) is 9.18. The van der Waals surface area contributed by atoms with Gasteiger partial charge in [0, 0.05) is 7.05 Å². The minimum Gasteiger partial charge on any atom is -0.394 e. The van der Waals surface area contributed by atoms with E-state index >= 15 is 0 Å². The van der Waals surface area contributed by atoms with Crippen molar-refractivity contribution in [2.75, 3.05) is 37.5 Å². The molecule has 5 N–H and O–H groups in total. The molecular weight excluding hydrogens is 268 g/mol. The van der Waals surface area contributed by atoms with E-state index in [2.05, 4.69) is 20.6 Å². The van der Waals surface area contributed by atoms with E-state index in [4.69, 9.17) is 0 Å². The normalized spacial score (nSPS) is 11.8. The zero-order valence-electron chi connectivity index (χ0n) is 10.4. The van der Waals surface area contributed by atoms with E-state index in [0.29, 0.717) is 11.8 Å². The summed E-state index contributed by atoms with van der Waals surface area (Å²) in [5.74, 6) is 0.896. The van der Waals surface area contributed by atoms with E-state index in [1.165, 1.54) is 11.3 Å². The predicted molar refractivity (Wildman–Crippen MR) is 74.6 cm³/mol. The number of aromatic nitrogens is 2. The Morgan fingerprint density at radius 1 is 1.21 bits per heavy atom. The molecule has 0 amide bonds. The van der Waals surface area contributed by atoms with Crippen LogP contribution in [0.3, 0.4) is 0 Å². The van der Waals surface area contributed by atoms with Crippen LogP contribution in [0.2, 0.25) is 0 Å². The van der Waals surface area contributed by atoms with Crippen molar-refractivity contribution in [3.05, 3.63) is 11.4 Å². The van der Waals surface area contributed by atoms with Crippen molar-refractivity contribution in [3.8, 4) is 0 Å². The van der Waals surface area contributed by atoms with Gasteiger partial charge in [-0.3, -0.25) is 0 Å². The Bertz CT molecular complexity index is 548.